The summed E-state index contributed by atoms with van der Waals surface area (Å²) >= 11 is 0. The molecule has 2 aromatic carbocycles. The highest BCUT2D eigenvalue weighted by molar-refractivity contribution is 5.96. The molecule has 3 aliphatic rings. The van der Waals surface area contributed by atoms with Crippen LogP contribution in [0.15, 0.2) is 42.5 Å². The van der Waals surface area contributed by atoms with Crippen molar-refractivity contribution in [2.75, 3.05) is 51.0 Å². The van der Waals surface area contributed by atoms with Crippen LogP contribution in [0.5, 0.6) is 17.2 Å². The molecule has 2 fully saturated rings. The van der Waals surface area contributed by atoms with Crippen molar-refractivity contribution in [2.45, 2.75) is 25.9 Å². The molecule has 0 radical (unpaired) electrons. The molecule has 0 spiro atoms. The van der Waals surface area contributed by atoms with E-state index in [1.165, 1.54) is 5.56 Å². The van der Waals surface area contributed by atoms with Crippen LogP contribution in [0.2, 0.25) is 0 Å². The monoisotopic (exact) mass is 466 g/mol. The zero-order chi connectivity index (χ0) is 23.5. The van der Waals surface area contributed by atoms with Gasteiger partial charge in [-0.25, -0.2) is 4.79 Å². The predicted molar refractivity (Wildman–Crippen MR) is 126 cm³/mol. The van der Waals surface area contributed by atoms with E-state index >= 15 is 0 Å². The van der Waals surface area contributed by atoms with E-state index in [9.17, 15) is 9.59 Å². The Morgan fingerprint density at radius 2 is 1.82 bits per heavy atom. The van der Waals surface area contributed by atoms with Crippen molar-refractivity contribution in [3.05, 3.63) is 48.0 Å². The number of hydrogen-bond acceptors (Lipinski definition) is 6. The number of carbonyl (C=O) groups excluding carboxylic acids is 2. The molecule has 3 amide bonds. The van der Waals surface area contributed by atoms with E-state index in [2.05, 4.69) is 16.3 Å². The molecule has 3 heterocycles. The van der Waals surface area contributed by atoms with Gasteiger partial charge >= 0.3 is 6.03 Å². The van der Waals surface area contributed by atoms with Gasteiger partial charge in [0.1, 0.15) is 5.75 Å². The van der Waals surface area contributed by atoms with Gasteiger partial charge in [0.05, 0.1) is 12.6 Å². The lowest BCUT2D eigenvalue weighted by molar-refractivity contribution is -0.117. The Labute approximate surface area is 199 Å². The Hall–Kier alpha value is -3.46. The number of piperazine rings is 1. The van der Waals surface area contributed by atoms with E-state index in [1.807, 2.05) is 48.2 Å². The smallest absolute Gasteiger partial charge is 0.317 e. The first-order valence-electron chi connectivity index (χ1n) is 11.8. The maximum atomic E-state index is 12.8. The Morgan fingerprint density at radius 3 is 2.59 bits per heavy atom. The fourth-order valence-electron chi connectivity index (χ4n) is 4.62. The third kappa shape index (κ3) is 4.89. The number of ether oxygens (including phenoxy) is 3. The van der Waals surface area contributed by atoms with Gasteiger partial charge in [-0.05, 0) is 48.9 Å². The minimum Gasteiger partial charge on any atom is -0.494 e. The van der Waals surface area contributed by atoms with Crippen LogP contribution < -0.4 is 24.4 Å². The summed E-state index contributed by atoms with van der Waals surface area (Å²) in [6.45, 7) is 6.99. The van der Waals surface area contributed by atoms with Gasteiger partial charge in [0.15, 0.2) is 11.5 Å². The van der Waals surface area contributed by atoms with Gasteiger partial charge in [-0.1, -0.05) is 6.07 Å². The summed E-state index contributed by atoms with van der Waals surface area (Å²) in [5.41, 5.74) is 1.99. The number of carbonyl (C=O) groups is 2. The molecule has 9 heteroatoms. The number of benzene rings is 2. The molecular weight excluding hydrogens is 436 g/mol. The van der Waals surface area contributed by atoms with Crippen LogP contribution in [0.3, 0.4) is 0 Å². The standard InChI is InChI=1S/C25H30N4O5/c1-2-32-21-6-4-20(5-7-21)29-16-19(14-24(29)30)26-25(31)28-11-9-27(10-12-28)15-18-3-8-22-23(13-18)34-17-33-22/h3-8,13,19H,2,9-12,14-17H2,1H3,(H,26,31)/t19-/m0/s1. The van der Waals surface area contributed by atoms with E-state index in [0.29, 0.717) is 32.7 Å². The van der Waals surface area contributed by atoms with Crippen molar-refractivity contribution >= 4 is 17.6 Å². The highest BCUT2D eigenvalue weighted by Crippen LogP contribution is 2.33. The summed E-state index contributed by atoms with van der Waals surface area (Å²) in [5, 5.41) is 3.05. The van der Waals surface area contributed by atoms with E-state index in [4.69, 9.17) is 14.2 Å². The van der Waals surface area contributed by atoms with Gasteiger partial charge in [-0.2, -0.15) is 0 Å². The van der Waals surface area contributed by atoms with Crippen LogP contribution >= 0.6 is 0 Å². The van der Waals surface area contributed by atoms with E-state index in [1.54, 1.807) is 4.90 Å². The molecular formula is C25H30N4O5. The summed E-state index contributed by atoms with van der Waals surface area (Å²) in [4.78, 5) is 31.3. The Morgan fingerprint density at radius 1 is 1.06 bits per heavy atom. The van der Waals surface area contributed by atoms with Crippen molar-refractivity contribution in [3.8, 4) is 17.2 Å². The minimum absolute atomic E-state index is 0.0167. The lowest BCUT2D eigenvalue weighted by Gasteiger charge is -2.35. The number of amides is 3. The molecule has 0 aromatic heterocycles. The molecule has 34 heavy (non-hydrogen) atoms. The lowest BCUT2D eigenvalue weighted by atomic mass is 10.1. The van der Waals surface area contributed by atoms with Gasteiger partial charge in [0.2, 0.25) is 12.7 Å². The molecule has 5 rings (SSSR count). The zero-order valence-corrected chi connectivity index (χ0v) is 19.4. The third-order valence-corrected chi connectivity index (χ3v) is 6.41. The third-order valence-electron chi connectivity index (χ3n) is 6.41. The summed E-state index contributed by atoms with van der Waals surface area (Å²) < 4.78 is 16.3. The molecule has 3 aliphatic heterocycles. The number of nitrogens with zero attached hydrogens (tertiary/aromatic N) is 3. The Bertz CT molecular complexity index is 1040. The van der Waals surface area contributed by atoms with Crippen LogP contribution in [0.25, 0.3) is 0 Å². The van der Waals surface area contributed by atoms with E-state index in [-0.39, 0.29) is 24.8 Å². The average Bonchev–Trinajstić information content (AvgIpc) is 3.46. The van der Waals surface area contributed by atoms with Crippen molar-refractivity contribution in [1.82, 2.24) is 15.1 Å². The first-order valence-corrected chi connectivity index (χ1v) is 11.8. The van der Waals surface area contributed by atoms with Crippen LogP contribution in [0, 0.1) is 0 Å². The quantitative estimate of drug-likeness (QED) is 0.704. The Balaban J connectivity index is 1.09. The molecule has 9 nitrogen and oxygen atoms in total. The van der Waals surface area contributed by atoms with Gasteiger partial charge < -0.3 is 29.3 Å². The summed E-state index contributed by atoms with van der Waals surface area (Å²) in [7, 11) is 0. The molecule has 1 atom stereocenters. The second-order valence-electron chi connectivity index (χ2n) is 8.73. The van der Waals surface area contributed by atoms with Crippen LogP contribution in [0.1, 0.15) is 18.9 Å². The number of urea groups is 1. The number of fused-ring (bicyclic) bond motifs is 1. The number of anilines is 1. The van der Waals surface area contributed by atoms with Crippen molar-refractivity contribution in [2.24, 2.45) is 0 Å². The first-order chi connectivity index (χ1) is 16.6. The fourth-order valence-corrected chi connectivity index (χ4v) is 4.62. The molecule has 0 saturated carbocycles. The molecule has 1 N–H and O–H groups in total. The lowest BCUT2D eigenvalue weighted by Crippen LogP contribution is -2.53. The molecule has 2 saturated heterocycles. The summed E-state index contributed by atoms with van der Waals surface area (Å²) in [6.07, 6.45) is 0.309. The molecule has 2 aromatic rings. The number of hydrogen-bond donors (Lipinski definition) is 1. The largest absolute Gasteiger partial charge is 0.494 e. The normalized spacial score (nSPS) is 20.0. The van der Waals surface area contributed by atoms with Gasteiger partial charge in [0.25, 0.3) is 0 Å². The maximum absolute atomic E-state index is 12.8. The van der Waals surface area contributed by atoms with Gasteiger partial charge in [0, 0.05) is 51.4 Å². The predicted octanol–water partition coefficient (Wildman–Crippen LogP) is 2.45. The Kier molecular flexibility index (Phi) is 6.44. The second-order valence-corrected chi connectivity index (χ2v) is 8.73. The zero-order valence-electron chi connectivity index (χ0n) is 19.4. The summed E-state index contributed by atoms with van der Waals surface area (Å²) in [5.74, 6) is 2.38. The molecule has 180 valence electrons. The number of rotatable bonds is 6. The first kappa shape index (κ1) is 22.3. The second kappa shape index (κ2) is 9.80. The fraction of sp³-hybridized carbons (Fsp3) is 0.440. The minimum atomic E-state index is -0.196. The van der Waals surface area contributed by atoms with Crippen molar-refractivity contribution in [1.29, 1.82) is 0 Å². The van der Waals surface area contributed by atoms with Crippen LogP contribution in [-0.4, -0.2) is 73.9 Å². The summed E-state index contributed by atoms with van der Waals surface area (Å²) in [6, 6.07) is 13.2. The average molecular weight is 467 g/mol. The molecule has 0 aliphatic carbocycles. The van der Waals surface area contributed by atoms with E-state index < -0.39 is 0 Å². The van der Waals surface area contributed by atoms with Crippen LogP contribution in [-0.2, 0) is 11.3 Å². The van der Waals surface area contributed by atoms with Crippen molar-refractivity contribution < 1.29 is 23.8 Å². The highest BCUT2D eigenvalue weighted by Gasteiger charge is 2.33. The maximum Gasteiger partial charge on any atom is 0.317 e. The van der Waals surface area contributed by atoms with Gasteiger partial charge in [-0.3, -0.25) is 9.69 Å². The molecule has 0 unspecified atom stereocenters. The van der Waals surface area contributed by atoms with Crippen LogP contribution in [0.4, 0.5) is 10.5 Å². The van der Waals surface area contributed by atoms with Gasteiger partial charge in [-0.15, -0.1) is 0 Å². The van der Waals surface area contributed by atoms with Crippen molar-refractivity contribution in [3.63, 3.8) is 0 Å². The highest BCUT2D eigenvalue weighted by atomic mass is 16.7. The number of nitrogens with one attached hydrogen (secondary N) is 1. The topological polar surface area (TPSA) is 83.6 Å². The van der Waals surface area contributed by atoms with E-state index in [0.717, 1.165) is 42.6 Å². The SMILES string of the molecule is CCOc1ccc(N2C[C@@H](NC(=O)N3CCN(Cc4ccc5c(c4)OCO5)CC3)CC2=O)cc1. The molecule has 0 bridgehead atoms.